The molecule has 6 aliphatic carbocycles. The zero-order chi connectivity index (χ0) is 74.5. The summed E-state index contributed by atoms with van der Waals surface area (Å²) in [5.74, 6) is 1.64. The van der Waals surface area contributed by atoms with Gasteiger partial charge in [0.25, 0.3) is 6.71 Å². The number of benzene rings is 8. The van der Waals surface area contributed by atoms with E-state index >= 15 is 0 Å². The summed E-state index contributed by atoms with van der Waals surface area (Å²) in [6.07, 6.45) is 42.4. The molecule has 6 atom stereocenters. The molecule has 0 saturated heterocycles. The second-order valence-electron chi connectivity index (χ2n) is 38.9. The van der Waals surface area contributed by atoms with Gasteiger partial charge < -0.3 is 18.9 Å². The largest absolute Gasteiger partial charge is 0.334 e. The van der Waals surface area contributed by atoms with Crippen molar-refractivity contribution in [2.24, 2.45) is 23.7 Å². The molecule has 8 aliphatic rings. The molecule has 18 rings (SSSR count). The fourth-order valence-corrected chi connectivity index (χ4v) is 21.5. The maximum absolute atomic E-state index is 3.10. The number of fused-ring (bicyclic) bond motifs is 10. The molecule has 0 amide bonds. The molecule has 0 fully saturated rings. The van der Waals surface area contributed by atoms with Crippen molar-refractivity contribution in [3.8, 4) is 11.4 Å². The number of hydrogen-bond acceptors (Lipinski definition) is 2. The Kier molecular flexibility index (Phi) is 17.7. The van der Waals surface area contributed by atoms with E-state index in [4.69, 9.17) is 0 Å². The van der Waals surface area contributed by atoms with Gasteiger partial charge in [-0.1, -0.05) is 223 Å². The Bertz CT molecular complexity index is 4980. The Labute approximate surface area is 647 Å². The van der Waals surface area contributed by atoms with Crippen molar-refractivity contribution in [3.63, 3.8) is 0 Å². The van der Waals surface area contributed by atoms with Gasteiger partial charge in [-0.3, -0.25) is 0 Å². The number of hydrogen-bond donors (Lipinski definition) is 0. The minimum absolute atomic E-state index is 0.0150. The van der Waals surface area contributed by atoms with Gasteiger partial charge in [0.2, 0.25) is 0 Å². The molecular weight excluding hydrogens is 1300 g/mol. The second-order valence-corrected chi connectivity index (χ2v) is 38.9. The van der Waals surface area contributed by atoms with Gasteiger partial charge in [0, 0.05) is 72.9 Å². The summed E-state index contributed by atoms with van der Waals surface area (Å²) in [6.45, 7) is 33.5. The topological polar surface area (TPSA) is 16.3 Å². The normalized spacial score (nSPS) is 22.1. The average molecular weight is 1420 g/mol. The molecule has 8 aromatic carbocycles. The molecule has 10 aromatic rings. The van der Waals surface area contributed by atoms with Gasteiger partial charge in [0.05, 0.1) is 34.2 Å². The molecule has 552 valence electrons. The lowest BCUT2D eigenvalue weighted by atomic mass is 9.33. The highest BCUT2D eigenvalue weighted by Gasteiger charge is 2.52. The number of anilines is 4. The van der Waals surface area contributed by atoms with E-state index in [0.717, 1.165) is 51.4 Å². The van der Waals surface area contributed by atoms with Crippen molar-refractivity contribution in [2.75, 3.05) is 9.80 Å². The Morgan fingerprint density at radius 2 is 0.731 bits per heavy atom. The quantitative estimate of drug-likeness (QED) is 0.100. The second kappa shape index (κ2) is 26.9. The van der Waals surface area contributed by atoms with Crippen molar-refractivity contribution in [1.29, 1.82) is 0 Å². The van der Waals surface area contributed by atoms with Crippen LogP contribution in [-0.2, 0) is 27.1 Å². The molecule has 2 aromatic heterocycles. The maximum atomic E-state index is 3.10. The average Bonchev–Trinajstić information content (AvgIpc) is 0.743. The zero-order valence-corrected chi connectivity index (χ0v) is 67.6. The molecule has 0 bridgehead atoms. The van der Waals surface area contributed by atoms with Crippen molar-refractivity contribution in [1.82, 2.24) is 9.13 Å². The summed E-state index contributed by atoms with van der Waals surface area (Å²) >= 11 is 0. The first-order valence-corrected chi connectivity index (χ1v) is 42.3. The van der Waals surface area contributed by atoms with E-state index in [2.05, 4.69) is 316 Å². The standard InChI is InChI=1S/C103H117BN4/c1-99(2,3)71-46-54-88-82(58-71)83-59-72(100(4,5)6)47-55-89(83)105(88)76-50-52-86-92(64-76)107(97-78(66-32-20-15-21-33-66)42-30-43-79(97)67-34-22-16-23-35-67)94-62-75(103(13,14)70-40-28-19-29-41-70)63-95-96(94)104(86)87-53-51-77(106-90-56-48-73(101(7,8)9)60-84(90)85-61-74(102(10,11)12)49-57-91(85)106)65-93(87)108(95)98-80(68-36-24-17-25-37-68)44-31-45-81(98)69-38-26-18-27-39-69/h15,17,19-20,24,28-29,34,38,40-42,44,46-66,68,79,81,97-98H,16,18,21-23,25-27,30-33,35-37,39,43,45H2,1-14H3. The summed E-state index contributed by atoms with van der Waals surface area (Å²) in [7, 11) is 0. The van der Waals surface area contributed by atoms with Crippen molar-refractivity contribution < 1.29 is 0 Å². The fourth-order valence-electron chi connectivity index (χ4n) is 21.5. The highest BCUT2D eigenvalue weighted by atomic mass is 15.2. The Balaban J connectivity index is 0.982. The van der Waals surface area contributed by atoms with Gasteiger partial charge >= 0.3 is 0 Å². The zero-order valence-electron chi connectivity index (χ0n) is 67.6. The smallest absolute Gasteiger partial charge is 0.252 e. The molecule has 4 heterocycles. The van der Waals surface area contributed by atoms with Crippen LogP contribution in [0.15, 0.2) is 223 Å². The third-order valence-corrected chi connectivity index (χ3v) is 27.6. The SMILES string of the molecule is CC(C)(C)c1ccc2c(c1)c1cc(C(C)(C)C)ccc1n2-c1ccc2c(c1)N(C1C(C3CC=CCC3)=CCCC1C1=CCCCC1)c1cc(C(C)(C)c3ccccc3)cc3c1B2c1ccc(-n2c4ccc(C(C)(C)C)cc4c4cc(C(C)(C)C)ccc42)cc1N3C1C(C2CC=CCC2)=CCCC1C1=CCCCC1. The van der Waals surface area contributed by atoms with Crippen LogP contribution in [0, 0.1) is 23.7 Å². The van der Waals surface area contributed by atoms with Crippen molar-refractivity contribution in [3.05, 3.63) is 256 Å². The molecular formula is C103H117BN4. The summed E-state index contributed by atoms with van der Waals surface area (Å²) in [5.41, 5.74) is 32.0. The lowest BCUT2D eigenvalue weighted by Gasteiger charge is -2.54. The van der Waals surface area contributed by atoms with E-state index in [9.17, 15) is 0 Å². The van der Waals surface area contributed by atoms with Gasteiger partial charge in [-0.05, 0) is 295 Å². The lowest BCUT2D eigenvalue weighted by Crippen LogP contribution is -2.65. The molecule has 0 radical (unpaired) electrons. The maximum Gasteiger partial charge on any atom is 0.252 e. The molecule has 6 unspecified atom stereocenters. The lowest BCUT2D eigenvalue weighted by molar-refractivity contribution is 0.391. The van der Waals surface area contributed by atoms with E-state index in [1.165, 1.54) is 192 Å². The molecule has 0 spiro atoms. The number of aromatic nitrogens is 2. The third-order valence-electron chi connectivity index (χ3n) is 27.6. The summed E-state index contributed by atoms with van der Waals surface area (Å²) < 4.78 is 5.34. The van der Waals surface area contributed by atoms with Crippen LogP contribution < -0.4 is 26.2 Å². The molecule has 108 heavy (non-hydrogen) atoms. The van der Waals surface area contributed by atoms with E-state index in [1.54, 1.807) is 22.3 Å². The van der Waals surface area contributed by atoms with Crippen molar-refractivity contribution in [2.45, 2.75) is 252 Å². The van der Waals surface area contributed by atoms with E-state index in [-0.39, 0.29) is 45.9 Å². The molecule has 2 aliphatic heterocycles. The van der Waals surface area contributed by atoms with E-state index < -0.39 is 0 Å². The Morgan fingerprint density at radius 1 is 0.333 bits per heavy atom. The van der Waals surface area contributed by atoms with Gasteiger partial charge in [0.1, 0.15) is 0 Å². The summed E-state index contributed by atoms with van der Waals surface area (Å²) in [5, 5.41) is 5.33. The highest BCUT2D eigenvalue weighted by molar-refractivity contribution is 7.00. The van der Waals surface area contributed by atoms with Crippen LogP contribution in [0.1, 0.15) is 246 Å². The van der Waals surface area contributed by atoms with Crippen LogP contribution in [-0.4, -0.2) is 27.9 Å². The first-order valence-electron chi connectivity index (χ1n) is 42.3. The Hall–Kier alpha value is -8.54. The molecule has 0 saturated carbocycles. The van der Waals surface area contributed by atoms with Gasteiger partial charge in [0.15, 0.2) is 0 Å². The number of rotatable bonds is 10. The van der Waals surface area contributed by atoms with Crippen LogP contribution >= 0.6 is 0 Å². The predicted molar refractivity (Wildman–Crippen MR) is 466 cm³/mol. The van der Waals surface area contributed by atoms with Crippen LogP contribution in [0.5, 0.6) is 0 Å². The first-order chi connectivity index (χ1) is 51.9. The minimum Gasteiger partial charge on any atom is -0.334 e. The van der Waals surface area contributed by atoms with Crippen LogP contribution in [0.2, 0.25) is 0 Å². The molecule has 0 N–H and O–H groups in total. The van der Waals surface area contributed by atoms with Gasteiger partial charge in [-0.15, -0.1) is 0 Å². The molecule has 4 nitrogen and oxygen atoms in total. The number of nitrogens with zero attached hydrogens (tertiary/aromatic N) is 4. The highest BCUT2D eigenvalue weighted by Crippen LogP contribution is 2.55. The minimum atomic E-state index is -0.374. The van der Waals surface area contributed by atoms with Gasteiger partial charge in [-0.2, -0.15) is 0 Å². The van der Waals surface area contributed by atoms with Crippen molar-refractivity contribution >= 4 is 89.5 Å². The monoisotopic (exact) mass is 1420 g/mol. The first kappa shape index (κ1) is 71.1. The van der Waals surface area contributed by atoms with Crippen LogP contribution in [0.25, 0.3) is 55.0 Å². The van der Waals surface area contributed by atoms with E-state index in [1.807, 2.05) is 0 Å². The van der Waals surface area contributed by atoms with Crippen LogP contribution in [0.3, 0.4) is 0 Å². The summed E-state index contributed by atoms with van der Waals surface area (Å²) in [6, 6.07) is 63.1. The van der Waals surface area contributed by atoms with E-state index in [0.29, 0.717) is 23.7 Å². The molecule has 5 heteroatoms. The summed E-state index contributed by atoms with van der Waals surface area (Å²) in [4.78, 5) is 6.20. The van der Waals surface area contributed by atoms with Gasteiger partial charge in [-0.25, -0.2) is 0 Å². The number of allylic oxidation sites excluding steroid dienone is 8. The predicted octanol–water partition coefficient (Wildman–Crippen LogP) is 25.9. The fraction of sp³-hybridized carbons (Fsp3) is 0.417. The third kappa shape index (κ3) is 12.1. The Morgan fingerprint density at radius 3 is 1.08 bits per heavy atom. The van der Waals surface area contributed by atoms with Crippen LogP contribution in [0.4, 0.5) is 22.7 Å².